The number of pyridine rings is 1. The van der Waals surface area contributed by atoms with Gasteiger partial charge in [-0.1, -0.05) is 48.2 Å². The van der Waals surface area contributed by atoms with Gasteiger partial charge in [0.15, 0.2) is 10.2 Å². The van der Waals surface area contributed by atoms with Crippen LogP contribution >= 0.6 is 24.0 Å². The van der Waals surface area contributed by atoms with Crippen molar-refractivity contribution in [1.82, 2.24) is 15.2 Å². The maximum absolute atomic E-state index is 14.0. The number of para-hydroxylation sites is 1. The number of carbonyl (C=O) groups excluding carboxylic acids is 1. The number of nitrogens with zero attached hydrogens (tertiary/aromatic N) is 2. The molecule has 2 N–H and O–H groups in total. The predicted molar refractivity (Wildman–Crippen MR) is 141 cm³/mol. The van der Waals surface area contributed by atoms with E-state index in [9.17, 15) is 9.18 Å². The molecule has 1 aliphatic rings. The van der Waals surface area contributed by atoms with E-state index < -0.39 is 5.82 Å². The summed E-state index contributed by atoms with van der Waals surface area (Å²) in [5, 5.41) is 7.24. The van der Waals surface area contributed by atoms with Crippen molar-refractivity contribution in [2.24, 2.45) is 0 Å². The van der Waals surface area contributed by atoms with Gasteiger partial charge in [0.1, 0.15) is 17.6 Å². The number of rotatable bonds is 8. The number of hydrogen-bond donors (Lipinski definition) is 2. The molecule has 0 bridgehead atoms. The summed E-state index contributed by atoms with van der Waals surface area (Å²) < 4.78 is 20.2. The quantitative estimate of drug-likeness (QED) is 0.279. The Kier molecular flexibility index (Phi) is 7.29. The molecule has 36 heavy (non-hydrogen) atoms. The highest BCUT2D eigenvalue weighted by Crippen LogP contribution is 2.41. The van der Waals surface area contributed by atoms with Crippen molar-refractivity contribution in [1.29, 1.82) is 0 Å². The van der Waals surface area contributed by atoms with E-state index in [1.807, 2.05) is 65.6 Å². The Balaban J connectivity index is 1.36. The molecule has 6 nitrogen and oxygen atoms in total. The van der Waals surface area contributed by atoms with Crippen molar-refractivity contribution in [3.05, 3.63) is 108 Å². The van der Waals surface area contributed by atoms with Crippen LogP contribution in [0.1, 0.15) is 30.0 Å². The van der Waals surface area contributed by atoms with E-state index in [0.717, 1.165) is 15.7 Å². The summed E-state index contributed by atoms with van der Waals surface area (Å²) in [5.41, 5.74) is 0.970. The second-order valence-electron chi connectivity index (χ2n) is 8.17. The molecule has 0 unspecified atom stereocenters. The van der Waals surface area contributed by atoms with Crippen LogP contribution in [0.3, 0.4) is 0 Å². The Morgan fingerprint density at radius 1 is 1.06 bits per heavy atom. The highest BCUT2D eigenvalue weighted by molar-refractivity contribution is 7.99. The molecule has 0 radical (unpaired) electrons. The van der Waals surface area contributed by atoms with Crippen LogP contribution in [0.15, 0.2) is 106 Å². The molecule has 182 valence electrons. The van der Waals surface area contributed by atoms with Crippen LogP contribution < -0.4 is 10.6 Å². The summed E-state index contributed by atoms with van der Waals surface area (Å²) >= 11 is 7.19. The minimum absolute atomic E-state index is 0.119. The zero-order valence-electron chi connectivity index (χ0n) is 19.1. The average molecular weight is 519 g/mol. The Morgan fingerprint density at radius 2 is 1.83 bits per heavy atom. The van der Waals surface area contributed by atoms with Gasteiger partial charge in [-0.05, 0) is 60.7 Å². The normalized spacial score (nSPS) is 17.1. The first-order valence-corrected chi connectivity index (χ1v) is 12.7. The molecule has 3 heterocycles. The molecular weight excluding hydrogens is 495 g/mol. The minimum Gasteiger partial charge on any atom is -0.452 e. The fourth-order valence-electron chi connectivity index (χ4n) is 4.11. The number of halogens is 1. The van der Waals surface area contributed by atoms with Gasteiger partial charge in [-0.15, -0.1) is 0 Å². The number of nitrogens with one attached hydrogen (secondary N) is 2. The maximum Gasteiger partial charge on any atom is 0.226 e. The van der Waals surface area contributed by atoms with Gasteiger partial charge >= 0.3 is 0 Å². The molecule has 2 atom stereocenters. The van der Waals surface area contributed by atoms with Crippen molar-refractivity contribution in [3.63, 3.8) is 0 Å². The van der Waals surface area contributed by atoms with Gasteiger partial charge in [0, 0.05) is 24.1 Å². The van der Waals surface area contributed by atoms with E-state index in [0.29, 0.717) is 17.4 Å². The molecule has 2 aromatic heterocycles. The van der Waals surface area contributed by atoms with E-state index in [1.54, 1.807) is 18.3 Å². The molecule has 0 saturated carbocycles. The van der Waals surface area contributed by atoms with Gasteiger partial charge in [0.05, 0.1) is 17.4 Å². The third-order valence-corrected chi connectivity index (χ3v) is 7.06. The molecule has 5 rings (SSSR count). The van der Waals surface area contributed by atoms with Crippen LogP contribution in [-0.4, -0.2) is 27.4 Å². The number of amides is 1. The summed E-state index contributed by atoms with van der Waals surface area (Å²) in [5.74, 6) is -0.0648. The molecule has 1 saturated heterocycles. The smallest absolute Gasteiger partial charge is 0.226 e. The van der Waals surface area contributed by atoms with Gasteiger partial charge in [-0.3, -0.25) is 9.78 Å². The van der Waals surface area contributed by atoms with Gasteiger partial charge < -0.3 is 20.0 Å². The second kappa shape index (κ2) is 10.9. The number of hydrogen-bond acceptors (Lipinski definition) is 5. The third kappa shape index (κ3) is 5.42. The van der Waals surface area contributed by atoms with Crippen LogP contribution in [0.4, 0.5) is 10.1 Å². The molecule has 4 aromatic rings. The van der Waals surface area contributed by atoms with Crippen molar-refractivity contribution in [3.8, 4) is 0 Å². The van der Waals surface area contributed by atoms with Crippen LogP contribution in [-0.2, 0) is 4.79 Å². The minimum atomic E-state index is -0.476. The van der Waals surface area contributed by atoms with Gasteiger partial charge in [-0.25, -0.2) is 4.39 Å². The molecule has 9 heteroatoms. The monoisotopic (exact) mass is 518 g/mol. The van der Waals surface area contributed by atoms with Crippen molar-refractivity contribution in [2.45, 2.75) is 28.5 Å². The highest BCUT2D eigenvalue weighted by atomic mass is 32.2. The lowest BCUT2D eigenvalue weighted by atomic mass is 10.0. The molecule has 1 fully saturated rings. The van der Waals surface area contributed by atoms with Crippen molar-refractivity contribution < 1.29 is 13.6 Å². The lowest BCUT2D eigenvalue weighted by Crippen LogP contribution is -2.32. The van der Waals surface area contributed by atoms with E-state index in [4.69, 9.17) is 16.6 Å². The largest absolute Gasteiger partial charge is 0.452 e. The lowest BCUT2D eigenvalue weighted by molar-refractivity contribution is -0.116. The van der Waals surface area contributed by atoms with E-state index in [2.05, 4.69) is 15.6 Å². The number of aromatic nitrogens is 1. The molecule has 2 aromatic carbocycles. The molecule has 0 spiro atoms. The van der Waals surface area contributed by atoms with Gasteiger partial charge in [-0.2, -0.15) is 0 Å². The van der Waals surface area contributed by atoms with Crippen LogP contribution in [0, 0.1) is 5.82 Å². The number of benzene rings is 2. The molecule has 1 amide bonds. The van der Waals surface area contributed by atoms with Gasteiger partial charge in [0.25, 0.3) is 0 Å². The van der Waals surface area contributed by atoms with E-state index in [1.165, 1.54) is 23.9 Å². The highest BCUT2D eigenvalue weighted by Gasteiger charge is 2.41. The van der Waals surface area contributed by atoms with Crippen LogP contribution in [0.5, 0.6) is 0 Å². The summed E-state index contributed by atoms with van der Waals surface area (Å²) in [4.78, 5) is 20.2. The Morgan fingerprint density at radius 3 is 2.61 bits per heavy atom. The van der Waals surface area contributed by atoms with E-state index in [-0.39, 0.29) is 30.1 Å². The number of furan rings is 1. The Bertz CT molecular complexity index is 1350. The maximum atomic E-state index is 14.0. The third-order valence-electron chi connectivity index (χ3n) is 5.78. The summed E-state index contributed by atoms with van der Waals surface area (Å²) in [7, 11) is 0. The average Bonchev–Trinajstić information content (AvgIpc) is 3.49. The van der Waals surface area contributed by atoms with Crippen molar-refractivity contribution in [2.75, 3.05) is 11.9 Å². The van der Waals surface area contributed by atoms with Crippen molar-refractivity contribution >= 4 is 40.7 Å². The SMILES string of the molecule is O=C(CCN1C(=S)N[C@H](c2ccccn2)[C@H]1c1ccc(Sc2ccccc2)o1)Nc1ccccc1F. The lowest BCUT2D eigenvalue weighted by Gasteiger charge is -2.25. The Labute approximate surface area is 217 Å². The first-order chi connectivity index (χ1) is 17.6. The first-order valence-electron chi connectivity index (χ1n) is 11.4. The topological polar surface area (TPSA) is 70.4 Å². The predicted octanol–water partition coefficient (Wildman–Crippen LogP) is 5.97. The number of anilines is 1. The number of carbonyl (C=O) groups is 1. The molecule has 1 aliphatic heterocycles. The fourth-order valence-corrected chi connectivity index (χ4v) is 5.24. The van der Waals surface area contributed by atoms with Crippen LogP contribution in [0.25, 0.3) is 0 Å². The standard InChI is InChI=1S/C27H23FN4O2S2/c28-19-10-4-5-11-20(19)30-23(33)15-17-32-26(25(31-27(32)35)21-12-6-7-16-29-21)22-13-14-24(34-22)36-18-8-2-1-3-9-18/h1-14,16,25-26H,15,17H2,(H,30,33)(H,31,35)/t25-,26-/m1/s1. The number of thiocarbonyl (C=S) groups is 1. The summed E-state index contributed by atoms with van der Waals surface area (Å²) in [6.45, 7) is 0.321. The van der Waals surface area contributed by atoms with E-state index >= 15 is 0 Å². The van der Waals surface area contributed by atoms with Gasteiger partial charge in [0.2, 0.25) is 5.91 Å². The zero-order valence-corrected chi connectivity index (χ0v) is 20.8. The molecular formula is C27H23FN4O2S2. The second-order valence-corrected chi connectivity index (χ2v) is 9.63. The molecule has 0 aliphatic carbocycles. The van der Waals surface area contributed by atoms with Crippen LogP contribution in [0.2, 0.25) is 0 Å². The fraction of sp³-hybridized carbons (Fsp3) is 0.148. The summed E-state index contributed by atoms with van der Waals surface area (Å²) in [6, 6.07) is 25.1. The first kappa shape index (κ1) is 24.0. The Hall–Kier alpha value is -3.69. The summed E-state index contributed by atoms with van der Waals surface area (Å²) in [6.07, 6.45) is 1.86. The zero-order chi connectivity index (χ0) is 24.9.